The third kappa shape index (κ3) is 2.32. The van der Waals surface area contributed by atoms with Gasteiger partial charge in [-0.05, 0) is 12.1 Å². The lowest BCUT2D eigenvalue weighted by Gasteiger charge is -2.02. The van der Waals surface area contributed by atoms with Gasteiger partial charge in [-0.2, -0.15) is 0 Å². The van der Waals surface area contributed by atoms with Crippen molar-refractivity contribution < 1.29 is 14.3 Å². The second-order valence-electron chi connectivity index (χ2n) is 2.20. The lowest BCUT2D eigenvalue weighted by Crippen LogP contribution is -2.02. The summed E-state index contributed by atoms with van der Waals surface area (Å²) in [6.45, 7) is 0. The third-order valence-electron chi connectivity index (χ3n) is 1.47. The van der Waals surface area contributed by atoms with Gasteiger partial charge < -0.3 is 4.74 Å². The lowest BCUT2D eigenvalue weighted by molar-refractivity contribution is 0.0597. The predicted octanol–water partition coefficient (Wildman–Crippen LogP) is 1.76. The van der Waals surface area contributed by atoms with Crippen molar-refractivity contribution in [1.29, 1.82) is 0 Å². The van der Waals surface area contributed by atoms with Crippen LogP contribution in [-0.4, -0.2) is 18.7 Å². The van der Waals surface area contributed by atoms with Crippen LogP contribution in [0.5, 0.6) is 0 Å². The van der Waals surface area contributed by atoms with Crippen molar-refractivity contribution in [3.05, 3.63) is 29.8 Å². The van der Waals surface area contributed by atoms with Crippen molar-refractivity contribution in [2.24, 2.45) is 0 Å². The zero-order valence-corrected chi connectivity index (χ0v) is 7.84. The van der Waals surface area contributed by atoms with Gasteiger partial charge in [0.05, 0.1) is 12.7 Å². The fourth-order valence-electron chi connectivity index (χ4n) is 0.900. The molecule has 0 N–H and O–H groups in total. The minimum absolute atomic E-state index is 0.419. The summed E-state index contributed by atoms with van der Waals surface area (Å²) < 4.78 is 4.56. The van der Waals surface area contributed by atoms with E-state index < -0.39 is 5.97 Å². The van der Waals surface area contributed by atoms with Crippen LogP contribution in [0.25, 0.3) is 0 Å². The Kier molecular flexibility index (Phi) is 3.52. The van der Waals surface area contributed by atoms with E-state index in [2.05, 4.69) is 4.74 Å². The van der Waals surface area contributed by atoms with Crippen molar-refractivity contribution in [3.63, 3.8) is 0 Å². The van der Waals surface area contributed by atoms with Gasteiger partial charge in [-0.1, -0.05) is 23.9 Å². The minimum Gasteiger partial charge on any atom is -0.465 e. The number of methoxy groups -OCH3 is 1. The highest BCUT2D eigenvalue weighted by molar-refractivity contribution is 8.12. The first kappa shape index (κ1) is 9.80. The quantitative estimate of drug-likeness (QED) is 0.419. The topological polar surface area (TPSA) is 43.4 Å². The van der Waals surface area contributed by atoms with E-state index in [-0.39, 0.29) is 0 Å². The number of carbonyl (C=O) groups is 2. The van der Waals surface area contributed by atoms with Gasteiger partial charge >= 0.3 is 5.97 Å². The second kappa shape index (κ2) is 4.67. The van der Waals surface area contributed by atoms with Gasteiger partial charge in [-0.25, -0.2) is 4.79 Å². The molecule has 0 atom stereocenters. The molecule has 0 amide bonds. The Balaban J connectivity index is 3.03. The highest BCUT2D eigenvalue weighted by atomic mass is 32.2. The molecule has 0 spiro atoms. The molecule has 13 heavy (non-hydrogen) atoms. The van der Waals surface area contributed by atoms with Crippen molar-refractivity contribution in [1.82, 2.24) is 0 Å². The van der Waals surface area contributed by atoms with E-state index in [0.717, 1.165) is 11.8 Å². The Bertz CT molecular complexity index is 322. The molecule has 4 heteroatoms. The molecule has 0 aliphatic carbocycles. The number of ether oxygens (including phenoxy) is 1. The van der Waals surface area contributed by atoms with E-state index in [1.807, 2.05) is 0 Å². The van der Waals surface area contributed by atoms with E-state index in [9.17, 15) is 9.59 Å². The monoisotopic (exact) mass is 196 g/mol. The van der Waals surface area contributed by atoms with Gasteiger partial charge in [-0.3, -0.25) is 4.79 Å². The number of thioether (sulfide) groups is 1. The molecular weight excluding hydrogens is 188 g/mol. The largest absolute Gasteiger partial charge is 0.465 e. The first-order chi connectivity index (χ1) is 6.29. The molecule has 0 unspecified atom stereocenters. The molecule has 1 aromatic rings. The fourth-order valence-corrected chi connectivity index (χ4v) is 1.44. The smallest absolute Gasteiger partial charge is 0.339 e. The highest BCUT2D eigenvalue weighted by Crippen LogP contribution is 2.20. The first-order valence-corrected chi connectivity index (χ1v) is 4.45. The van der Waals surface area contributed by atoms with Crippen LogP contribution in [0.15, 0.2) is 29.2 Å². The summed E-state index contributed by atoms with van der Waals surface area (Å²) >= 11 is 0.964. The Labute approximate surface area is 80.1 Å². The third-order valence-corrected chi connectivity index (χ3v) is 2.17. The summed E-state index contributed by atoms with van der Waals surface area (Å²) in [7, 11) is 1.31. The van der Waals surface area contributed by atoms with E-state index in [0.29, 0.717) is 16.1 Å². The number of rotatable bonds is 3. The predicted molar refractivity (Wildman–Crippen MR) is 50.4 cm³/mol. The molecule has 0 heterocycles. The number of esters is 1. The van der Waals surface area contributed by atoms with Gasteiger partial charge in [0.1, 0.15) is 0 Å². The maximum absolute atomic E-state index is 11.2. The molecule has 68 valence electrons. The summed E-state index contributed by atoms with van der Waals surface area (Å²) in [6.07, 6.45) is 0. The van der Waals surface area contributed by atoms with Gasteiger partial charge in [0.25, 0.3) is 0 Å². The van der Waals surface area contributed by atoms with Crippen LogP contribution in [0.4, 0.5) is 0 Å². The van der Waals surface area contributed by atoms with E-state index in [1.54, 1.807) is 24.3 Å². The molecule has 0 saturated carbocycles. The molecule has 3 nitrogen and oxygen atoms in total. The van der Waals surface area contributed by atoms with Crippen LogP contribution >= 0.6 is 11.8 Å². The van der Waals surface area contributed by atoms with E-state index in [1.165, 1.54) is 7.11 Å². The summed E-state index contributed by atoms with van der Waals surface area (Å²) in [5.41, 5.74) is 1.10. The molecule has 0 aliphatic rings. The average Bonchev–Trinajstić information content (AvgIpc) is 2.18. The van der Waals surface area contributed by atoms with Gasteiger partial charge in [0, 0.05) is 4.90 Å². The normalized spacial score (nSPS) is 9.31. The SMILES string of the molecule is COC(=O)c1ccccc1SC=O. The van der Waals surface area contributed by atoms with Crippen LogP contribution in [0, 0.1) is 0 Å². The van der Waals surface area contributed by atoms with Crippen LogP contribution in [-0.2, 0) is 9.53 Å². The Morgan fingerprint density at radius 1 is 1.46 bits per heavy atom. The van der Waals surface area contributed by atoms with Crippen LogP contribution < -0.4 is 0 Å². The van der Waals surface area contributed by atoms with Gasteiger partial charge in [0.2, 0.25) is 0 Å². The van der Waals surface area contributed by atoms with Gasteiger partial charge in [-0.15, -0.1) is 0 Å². The number of hydrogen-bond acceptors (Lipinski definition) is 4. The molecule has 1 rings (SSSR count). The van der Waals surface area contributed by atoms with Crippen LogP contribution in [0.2, 0.25) is 0 Å². The zero-order chi connectivity index (χ0) is 9.68. The van der Waals surface area contributed by atoms with Crippen molar-refractivity contribution in [3.8, 4) is 0 Å². The second-order valence-corrected chi connectivity index (χ2v) is 3.07. The van der Waals surface area contributed by atoms with Crippen molar-refractivity contribution >= 4 is 23.3 Å². The molecule has 0 radical (unpaired) electrons. The highest BCUT2D eigenvalue weighted by Gasteiger charge is 2.10. The zero-order valence-electron chi connectivity index (χ0n) is 7.02. The van der Waals surface area contributed by atoms with E-state index in [4.69, 9.17) is 0 Å². The van der Waals surface area contributed by atoms with Crippen molar-refractivity contribution in [2.75, 3.05) is 7.11 Å². The number of hydrogen-bond donors (Lipinski definition) is 0. The molecular formula is C9H8O3S. The Morgan fingerprint density at radius 3 is 2.77 bits per heavy atom. The maximum atomic E-state index is 11.2. The molecule has 0 bridgehead atoms. The maximum Gasteiger partial charge on any atom is 0.339 e. The fraction of sp³-hybridized carbons (Fsp3) is 0.111. The van der Waals surface area contributed by atoms with Crippen molar-refractivity contribution in [2.45, 2.75) is 4.90 Å². The van der Waals surface area contributed by atoms with Crippen LogP contribution in [0.3, 0.4) is 0 Å². The average molecular weight is 196 g/mol. The molecule has 0 aromatic heterocycles. The summed E-state index contributed by atoms with van der Waals surface area (Å²) in [5.74, 6) is -0.426. The standard InChI is InChI=1S/C9H8O3S/c1-12-9(11)7-4-2-3-5-8(7)13-6-10/h2-6H,1H3. The summed E-state index contributed by atoms with van der Waals surface area (Å²) in [4.78, 5) is 22.0. The molecule has 1 aromatic carbocycles. The van der Waals surface area contributed by atoms with Crippen LogP contribution in [0.1, 0.15) is 10.4 Å². The van der Waals surface area contributed by atoms with E-state index >= 15 is 0 Å². The molecule has 0 aliphatic heterocycles. The number of carbonyl (C=O) groups excluding carboxylic acids is 2. The minimum atomic E-state index is -0.426. The lowest BCUT2D eigenvalue weighted by atomic mass is 10.2. The Morgan fingerprint density at radius 2 is 2.15 bits per heavy atom. The van der Waals surface area contributed by atoms with Gasteiger partial charge in [0.15, 0.2) is 5.62 Å². The summed E-state index contributed by atoms with van der Waals surface area (Å²) in [6, 6.07) is 6.81. The Hall–Kier alpha value is -1.29. The molecule has 0 saturated heterocycles. The summed E-state index contributed by atoms with van der Waals surface area (Å²) in [5, 5.41) is 0. The number of benzene rings is 1. The first-order valence-electron chi connectivity index (χ1n) is 3.57. The molecule has 0 fully saturated rings.